The summed E-state index contributed by atoms with van der Waals surface area (Å²) < 4.78 is 1.05. The molecule has 0 saturated heterocycles. The molecule has 1 aromatic carbocycles. The largest absolute Gasteiger partial charge is 0.326 e. The molecule has 1 aliphatic carbocycles. The second-order valence-electron chi connectivity index (χ2n) is 5.41. The van der Waals surface area contributed by atoms with Gasteiger partial charge in [0, 0.05) is 16.1 Å². The van der Waals surface area contributed by atoms with Gasteiger partial charge in [-0.25, -0.2) is 0 Å². The molecule has 0 bridgehead atoms. The van der Waals surface area contributed by atoms with Crippen molar-refractivity contribution in [2.45, 2.75) is 39.5 Å². The molecule has 0 aliphatic heterocycles. The summed E-state index contributed by atoms with van der Waals surface area (Å²) in [4.78, 5) is 12.2. The first-order valence-corrected chi connectivity index (χ1v) is 7.42. The van der Waals surface area contributed by atoms with Gasteiger partial charge in [0.2, 0.25) is 5.91 Å². The highest BCUT2D eigenvalue weighted by molar-refractivity contribution is 9.10. The lowest BCUT2D eigenvalue weighted by Gasteiger charge is -2.25. The molecule has 3 heteroatoms. The van der Waals surface area contributed by atoms with Crippen molar-refractivity contribution >= 4 is 27.5 Å². The Balaban J connectivity index is 1.98. The number of nitrogens with one attached hydrogen (secondary N) is 1. The molecule has 18 heavy (non-hydrogen) atoms. The summed E-state index contributed by atoms with van der Waals surface area (Å²) in [5.74, 6) is 1.17. The lowest BCUT2D eigenvalue weighted by Crippen LogP contribution is -2.26. The van der Waals surface area contributed by atoms with Crippen LogP contribution in [0.25, 0.3) is 0 Å². The molecule has 1 saturated carbocycles. The molecule has 0 spiro atoms. The molecule has 1 fully saturated rings. The molecule has 98 valence electrons. The van der Waals surface area contributed by atoms with Crippen LogP contribution in [0.3, 0.4) is 0 Å². The highest BCUT2D eigenvalue weighted by atomic mass is 79.9. The maximum atomic E-state index is 12.2. The molecule has 1 aliphatic rings. The van der Waals surface area contributed by atoms with Gasteiger partial charge in [0.25, 0.3) is 0 Å². The SMILES string of the molecule is Cc1cc(Br)ccc1NC(=O)C1CCC(C)CC1. The Hall–Kier alpha value is -0.830. The second kappa shape index (κ2) is 5.87. The third-order valence-corrected chi connectivity index (χ3v) is 4.33. The van der Waals surface area contributed by atoms with Gasteiger partial charge in [0.05, 0.1) is 0 Å². The molecule has 1 N–H and O–H groups in total. The van der Waals surface area contributed by atoms with Gasteiger partial charge in [0.15, 0.2) is 0 Å². The Kier molecular flexibility index (Phi) is 4.44. The van der Waals surface area contributed by atoms with Crippen LogP contribution in [0, 0.1) is 18.8 Å². The summed E-state index contributed by atoms with van der Waals surface area (Å²) in [6, 6.07) is 5.95. The van der Waals surface area contributed by atoms with Gasteiger partial charge < -0.3 is 5.32 Å². The maximum Gasteiger partial charge on any atom is 0.227 e. The fraction of sp³-hybridized carbons (Fsp3) is 0.533. The molecular weight excluding hydrogens is 290 g/mol. The van der Waals surface area contributed by atoms with Crippen molar-refractivity contribution in [3.8, 4) is 0 Å². The van der Waals surface area contributed by atoms with Crippen molar-refractivity contribution in [3.63, 3.8) is 0 Å². The molecule has 1 aromatic rings. The first-order valence-electron chi connectivity index (χ1n) is 6.63. The molecule has 0 aromatic heterocycles. The van der Waals surface area contributed by atoms with E-state index in [0.717, 1.165) is 34.5 Å². The average Bonchev–Trinajstić information content (AvgIpc) is 2.33. The van der Waals surface area contributed by atoms with E-state index in [1.165, 1.54) is 12.8 Å². The molecule has 1 amide bonds. The van der Waals surface area contributed by atoms with E-state index < -0.39 is 0 Å². The topological polar surface area (TPSA) is 29.1 Å². The minimum atomic E-state index is 0.187. The van der Waals surface area contributed by atoms with E-state index in [1.807, 2.05) is 25.1 Å². The zero-order valence-corrected chi connectivity index (χ0v) is 12.6. The van der Waals surface area contributed by atoms with Crippen LogP contribution in [-0.4, -0.2) is 5.91 Å². The molecule has 0 unspecified atom stereocenters. The van der Waals surface area contributed by atoms with Gasteiger partial charge in [-0.05, 0) is 62.3 Å². The van der Waals surface area contributed by atoms with Gasteiger partial charge in [0.1, 0.15) is 0 Å². The van der Waals surface area contributed by atoms with Gasteiger partial charge >= 0.3 is 0 Å². The third-order valence-electron chi connectivity index (χ3n) is 3.83. The first kappa shape index (κ1) is 13.6. The molecule has 0 heterocycles. The summed E-state index contributed by atoms with van der Waals surface area (Å²) in [6.07, 6.45) is 4.42. The Bertz CT molecular complexity index is 436. The number of hydrogen-bond acceptors (Lipinski definition) is 1. The summed E-state index contributed by atoms with van der Waals surface area (Å²) in [7, 11) is 0. The highest BCUT2D eigenvalue weighted by Gasteiger charge is 2.24. The normalized spacial score (nSPS) is 23.7. The zero-order valence-electron chi connectivity index (χ0n) is 11.0. The number of rotatable bonds is 2. The standard InChI is InChI=1S/C15H20BrNO/c1-10-3-5-12(6-4-10)15(18)17-14-8-7-13(16)9-11(14)2/h7-10,12H,3-6H2,1-2H3,(H,17,18). The summed E-state index contributed by atoms with van der Waals surface area (Å²) in [5, 5.41) is 3.06. The highest BCUT2D eigenvalue weighted by Crippen LogP contribution is 2.29. The summed E-state index contributed by atoms with van der Waals surface area (Å²) >= 11 is 3.43. The van der Waals surface area contributed by atoms with Crippen LogP contribution in [0.2, 0.25) is 0 Å². The van der Waals surface area contributed by atoms with Gasteiger partial charge in [-0.3, -0.25) is 4.79 Å². The van der Waals surface area contributed by atoms with Crippen molar-refractivity contribution in [1.82, 2.24) is 0 Å². The van der Waals surface area contributed by atoms with Crippen molar-refractivity contribution in [3.05, 3.63) is 28.2 Å². The van der Waals surface area contributed by atoms with Crippen LogP contribution in [-0.2, 0) is 4.79 Å². The van der Waals surface area contributed by atoms with Crippen LogP contribution in [0.4, 0.5) is 5.69 Å². The minimum absolute atomic E-state index is 0.187. The molecule has 0 atom stereocenters. The molecule has 2 rings (SSSR count). The zero-order chi connectivity index (χ0) is 13.1. The number of halogens is 1. The van der Waals surface area contributed by atoms with Crippen LogP contribution in [0.15, 0.2) is 22.7 Å². The van der Waals surface area contributed by atoms with E-state index in [2.05, 4.69) is 28.2 Å². The van der Waals surface area contributed by atoms with Crippen LogP contribution < -0.4 is 5.32 Å². The minimum Gasteiger partial charge on any atom is -0.326 e. The number of carbonyl (C=O) groups excluding carboxylic acids is 1. The second-order valence-corrected chi connectivity index (χ2v) is 6.32. The van der Waals surface area contributed by atoms with E-state index in [1.54, 1.807) is 0 Å². The Morgan fingerprint density at radius 3 is 2.56 bits per heavy atom. The predicted molar refractivity (Wildman–Crippen MR) is 78.6 cm³/mol. The fourth-order valence-electron chi connectivity index (χ4n) is 2.52. The van der Waals surface area contributed by atoms with E-state index in [4.69, 9.17) is 0 Å². The number of hydrogen-bond donors (Lipinski definition) is 1. The molecule has 2 nitrogen and oxygen atoms in total. The first-order chi connectivity index (χ1) is 8.56. The Labute approximate surface area is 117 Å². The average molecular weight is 310 g/mol. The number of anilines is 1. The predicted octanol–water partition coefficient (Wildman–Crippen LogP) is 4.52. The lowest BCUT2D eigenvalue weighted by molar-refractivity contribution is -0.121. The van der Waals surface area contributed by atoms with E-state index in [9.17, 15) is 4.79 Å². The number of amides is 1. The number of aryl methyl sites for hydroxylation is 1. The van der Waals surface area contributed by atoms with Crippen molar-refractivity contribution in [1.29, 1.82) is 0 Å². The van der Waals surface area contributed by atoms with Gasteiger partial charge in [-0.15, -0.1) is 0 Å². The van der Waals surface area contributed by atoms with Gasteiger partial charge in [-0.1, -0.05) is 22.9 Å². The summed E-state index contributed by atoms with van der Waals surface area (Å²) in [6.45, 7) is 4.29. The van der Waals surface area contributed by atoms with E-state index in [-0.39, 0.29) is 11.8 Å². The van der Waals surface area contributed by atoms with Crippen LogP contribution in [0.5, 0.6) is 0 Å². The van der Waals surface area contributed by atoms with Crippen LogP contribution >= 0.6 is 15.9 Å². The third kappa shape index (κ3) is 3.35. The van der Waals surface area contributed by atoms with Crippen molar-refractivity contribution in [2.75, 3.05) is 5.32 Å². The van der Waals surface area contributed by atoms with E-state index >= 15 is 0 Å². The monoisotopic (exact) mass is 309 g/mol. The van der Waals surface area contributed by atoms with Crippen LogP contribution in [0.1, 0.15) is 38.2 Å². The number of carbonyl (C=O) groups is 1. The fourth-order valence-corrected chi connectivity index (χ4v) is 3.00. The Morgan fingerprint density at radius 1 is 1.28 bits per heavy atom. The summed E-state index contributed by atoms with van der Waals surface area (Å²) in [5.41, 5.74) is 2.03. The molecule has 0 radical (unpaired) electrons. The Morgan fingerprint density at radius 2 is 1.94 bits per heavy atom. The van der Waals surface area contributed by atoms with Crippen molar-refractivity contribution < 1.29 is 4.79 Å². The maximum absolute atomic E-state index is 12.2. The number of benzene rings is 1. The van der Waals surface area contributed by atoms with E-state index in [0.29, 0.717) is 0 Å². The van der Waals surface area contributed by atoms with Crippen molar-refractivity contribution in [2.24, 2.45) is 11.8 Å². The smallest absolute Gasteiger partial charge is 0.227 e. The molecular formula is C15H20BrNO. The van der Waals surface area contributed by atoms with Gasteiger partial charge in [-0.2, -0.15) is 0 Å². The lowest BCUT2D eigenvalue weighted by atomic mass is 9.82. The quantitative estimate of drug-likeness (QED) is 0.855.